The van der Waals surface area contributed by atoms with Crippen LogP contribution in [0.25, 0.3) is 5.57 Å². The maximum atomic E-state index is 13.0. The molecule has 1 atom stereocenters. The molecule has 3 rings (SSSR count). The number of nitrogens with zero attached hydrogens (tertiary/aromatic N) is 3. The number of rotatable bonds is 9. The number of sulfone groups is 1. The number of carbonyl (C=O) groups excluding carboxylic acids is 1. The van der Waals surface area contributed by atoms with Gasteiger partial charge in [0.15, 0.2) is 18.2 Å². The Morgan fingerprint density at radius 1 is 1.31 bits per heavy atom. The Morgan fingerprint density at radius 3 is 2.50 bits per heavy atom. The van der Waals surface area contributed by atoms with Crippen molar-refractivity contribution in [1.29, 1.82) is 0 Å². The molecule has 0 bridgehead atoms. The third-order valence-corrected chi connectivity index (χ3v) is 6.05. The van der Waals surface area contributed by atoms with Gasteiger partial charge in [-0.1, -0.05) is 18.2 Å². The Balaban J connectivity index is 1.92. The van der Waals surface area contributed by atoms with E-state index < -0.39 is 39.6 Å². The Labute approximate surface area is 182 Å². The molecule has 1 aliphatic carbocycles. The number of aromatic nitrogens is 3. The van der Waals surface area contributed by atoms with Crippen molar-refractivity contribution >= 4 is 21.2 Å². The molecule has 1 aliphatic rings. The van der Waals surface area contributed by atoms with Gasteiger partial charge in [-0.2, -0.15) is 18.2 Å². The Hall–Kier alpha value is -2.76. The molecule has 0 saturated carbocycles. The quantitative estimate of drug-likeness (QED) is 0.509. The number of ether oxygens (including phenoxy) is 1. The zero-order chi connectivity index (χ0) is 23.7. The van der Waals surface area contributed by atoms with E-state index in [4.69, 9.17) is 9.26 Å². The number of alkyl halides is 3. The molecular weight excluding hydrogens is 451 g/mol. The van der Waals surface area contributed by atoms with Gasteiger partial charge in [0.05, 0.1) is 11.2 Å². The predicted molar refractivity (Wildman–Crippen MR) is 108 cm³/mol. The van der Waals surface area contributed by atoms with E-state index in [9.17, 15) is 26.4 Å². The van der Waals surface area contributed by atoms with E-state index in [-0.39, 0.29) is 29.6 Å². The molecule has 0 aliphatic heterocycles. The van der Waals surface area contributed by atoms with Gasteiger partial charge in [-0.05, 0) is 18.4 Å². The van der Waals surface area contributed by atoms with Crippen LogP contribution in [-0.2, 0) is 15.3 Å². The fraction of sp³-hybridized carbons (Fsp3) is 0.500. The van der Waals surface area contributed by atoms with Crippen molar-refractivity contribution in [3.05, 3.63) is 41.3 Å². The summed E-state index contributed by atoms with van der Waals surface area (Å²) < 4.78 is 72.0. The van der Waals surface area contributed by atoms with Gasteiger partial charge < -0.3 is 9.26 Å². The highest BCUT2D eigenvalue weighted by Crippen LogP contribution is 2.36. The molecule has 0 radical (unpaired) electrons. The van der Waals surface area contributed by atoms with E-state index in [1.807, 2.05) is 6.08 Å². The number of pyridine rings is 1. The van der Waals surface area contributed by atoms with Crippen LogP contribution in [0.3, 0.4) is 0 Å². The lowest BCUT2D eigenvalue weighted by Crippen LogP contribution is -2.35. The van der Waals surface area contributed by atoms with Gasteiger partial charge in [-0.15, -0.1) is 0 Å². The number of Topliss-reactive ketones (excluding diaryl/α,β-unsaturated/α-hetero) is 1. The van der Waals surface area contributed by atoms with Crippen LogP contribution in [-0.4, -0.2) is 54.1 Å². The highest BCUT2D eigenvalue weighted by molar-refractivity contribution is 7.90. The molecule has 0 spiro atoms. The van der Waals surface area contributed by atoms with Gasteiger partial charge in [-0.3, -0.25) is 9.78 Å². The molecule has 2 aromatic rings. The maximum Gasteiger partial charge on any atom is 0.422 e. The SMILES string of the molecule is Cc1nc(C(C)(CC(=O)c2cc(OCC(F)(F)F)c(C3=CCC3)cn2)CS(C)(=O)=O)no1. The van der Waals surface area contributed by atoms with E-state index in [0.717, 1.165) is 24.3 Å². The minimum atomic E-state index is -4.55. The molecule has 174 valence electrons. The van der Waals surface area contributed by atoms with Crippen molar-refractivity contribution in [2.45, 2.75) is 44.7 Å². The number of carbonyl (C=O) groups is 1. The lowest BCUT2D eigenvalue weighted by atomic mass is 9.85. The van der Waals surface area contributed by atoms with Crippen LogP contribution in [0.2, 0.25) is 0 Å². The molecule has 0 aromatic carbocycles. The van der Waals surface area contributed by atoms with Crippen molar-refractivity contribution < 1.29 is 35.6 Å². The Kier molecular flexibility index (Phi) is 6.45. The second-order valence-electron chi connectivity index (χ2n) is 8.11. The first-order valence-electron chi connectivity index (χ1n) is 9.66. The number of hydrogen-bond donors (Lipinski definition) is 0. The molecule has 1 unspecified atom stereocenters. The van der Waals surface area contributed by atoms with Crippen LogP contribution in [0.4, 0.5) is 13.2 Å². The zero-order valence-electron chi connectivity index (χ0n) is 17.7. The average molecular weight is 473 g/mol. The second-order valence-corrected chi connectivity index (χ2v) is 10.2. The Morgan fingerprint density at radius 2 is 2.00 bits per heavy atom. The highest BCUT2D eigenvalue weighted by atomic mass is 32.2. The number of hydrogen-bond acceptors (Lipinski definition) is 8. The van der Waals surface area contributed by atoms with Gasteiger partial charge >= 0.3 is 6.18 Å². The molecule has 12 heteroatoms. The summed E-state index contributed by atoms with van der Waals surface area (Å²) in [4.78, 5) is 21.2. The minimum Gasteiger partial charge on any atom is -0.483 e. The summed E-state index contributed by atoms with van der Waals surface area (Å²) in [5, 5.41) is 3.77. The summed E-state index contributed by atoms with van der Waals surface area (Å²) in [5.41, 5.74) is -0.292. The fourth-order valence-corrected chi connectivity index (χ4v) is 4.79. The first kappa shape index (κ1) is 23.9. The van der Waals surface area contributed by atoms with E-state index in [0.29, 0.717) is 12.0 Å². The maximum absolute atomic E-state index is 13.0. The second kappa shape index (κ2) is 8.64. The lowest BCUT2D eigenvalue weighted by Gasteiger charge is -2.24. The van der Waals surface area contributed by atoms with Gasteiger partial charge in [0.2, 0.25) is 5.89 Å². The molecule has 0 N–H and O–H groups in total. The first-order chi connectivity index (χ1) is 14.8. The average Bonchev–Trinajstić information content (AvgIpc) is 3.04. The van der Waals surface area contributed by atoms with Crippen LogP contribution >= 0.6 is 0 Å². The van der Waals surface area contributed by atoms with Crippen molar-refractivity contribution in [2.24, 2.45) is 0 Å². The van der Waals surface area contributed by atoms with Gasteiger partial charge in [-0.25, -0.2) is 8.42 Å². The summed E-state index contributed by atoms with van der Waals surface area (Å²) in [6.07, 6.45) is 0.724. The number of ketones is 1. The summed E-state index contributed by atoms with van der Waals surface area (Å²) in [6, 6.07) is 1.16. The van der Waals surface area contributed by atoms with Gasteiger partial charge in [0.1, 0.15) is 21.3 Å². The largest absolute Gasteiger partial charge is 0.483 e. The lowest BCUT2D eigenvalue weighted by molar-refractivity contribution is -0.153. The molecule has 0 amide bonds. The van der Waals surface area contributed by atoms with Crippen molar-refractivity contribution in [2.75, 3.05) is 18.6 Å². The number of aryl methyl sites for hydroxylation is 1. The monoisotopic (exact) mass is 473 g/mol. The number of allylic oxidation sites excluding steroid dienone is 2. The molecular formula is C20H22F3N3O5S. The Bertz CT molecular complexity index is 1160. The standard InChI is InChI=1S/C20H22F3N3O5S/c1-12-25-18(26-31-12)19(2,11-32(3,28)29)8-16(27)15-7-17(30-10-20(21,22)23)14(9-24-15)13-5-4-6-13/h5,7,9H,4,6,8,10-11H2,1-3H3. The fourth-order valence-electron chi connectivity index (χ4n) is 3.41. The van der Waals surface area contributed by atoms with Crippen molar-refractivity contribution in [1.82, 2.24) is 15.1 Å². The van der Waals surface area contributed by atoms with Crippen molar-refractivity contribution in [3.8, 4) is 5.75 Å². The molecule has 0 saturated heterocycles. The third-order valence-electron chi connectivity index (χ3n) is 4.89. The summed E-state index contributed by atoms with van der Waals surface area (Å²) in [6.45, 7) is 1.52. The molecule has 8 nitrogen and oxygen atoms in total. The van der Waals surface area contributed by atoms with E-state index in [1.165, 1.54) is 20.0 Å². The summed E-state index contributed by atoms with van der Waals surface area (Å²) in [7, 11) is -3.55. The zero-order valence-corrected chi connectivity index (χ0v) is 18.5. The predicted octanol–water partition coefficient (Wildman–Crippen LogP) is 3.47. The first-order valence-corrected chi connectivity index (χ1v) is 11.7. The highest BCUT2D eigenvalue weighted by Gasteiger charge is 2.38. The van der Waals surface area contributed by atoms with Crippen LogP contribution in [0.1, 0.15) is 54.0 Å². The minimum absolute atomic E-state index is 0.0403. The number of halogens is 3. The molecule has 32 heavy (non-hydrogen) atoms. The van der Waals surface area contributed by atoms with Gasteiger partial charge in [0, 0.05) is 37.4 Å². The van der Waals surface area contributed by atoms with Gasteiger partial charge in [0.25, 0.3) is 0 Å². The van der Waals surface area contributed by atoms with E-state index in [1.54, 1.807) is 0 Å². The molecule has 0 fully saturated rings. The molecule has 2 heterocycles. The smallest absolute Gasteiger partial charge is 0.422 e. The normalized spacial score (nSPS) is 16.1. The van der Waals surface area contributed by atoms with Crippen LogP contribution in [0.5, 0.6) is 5.75 Å². The molecule has 2 aromatic heterocycles. The van der Waals surface area contributed by atoms with Crippen LogP contribution < -0.4 is 4.74 Å². The van der Waals surface area contributed by atoms with Crippen LogP contribution in [0, 0.1) is 6.92 Å². The van der Waals surface area contributed by atoms with E-state index >= 15 is 0 Å². The summed E-state index contributed by atoms with van der Waals surface area (Å²) >= 11 is 0. The summed E-state index contributed by atoms with van der Waals surface area (Å²) in [5.74, 6) is -0.895. The van der Waals surface area contributed by atoms with Crippen molar-refractivity contribution in [3.63, 3.8) is 0 Å². The topological polar surface area (TPSA) is 112 Å². The third kappa shape index (κ3) is 5.93. The van der Waals surface area contributed by atoms with E-state index in [2.05, 4.69) is 15.1 Å². The van der Waals surface area contributed by atoms with Crippen LogP contribution in [0.15, 0.2) is 22.9 Å².